The molecule has 0 bridgehead atoms. The Morgan fingerprint density at radius 3 is 2.37 bits per heavy atom. The van der Waals surface area contributed by atoms with Crippen LogP contribution in [0.4, 0.5) is 0 Å². The highest BCUT2D eigenvalue weighted by Crippen LogP contribution is 2.33. The largest absolute Gasteiger partial charge is 0.496 e. The summed E-state index contributed by atoms with van der Waals surface area (Å²) < 4.78 is 7.51. The van der Waals surface area contributed by atoms with Crippen LogP contribution in [0.2, 0.25) is 0 Å². The molecule has 4 aromatic rings. The SMILES string of the molecule is COc1ccccc1-c1nnc(SCC(=O)c2ccccc2)n1-c1ccc(C)cc1. The number of Topliss-reactive ketones (excluding diaryl/α,β-unsaturated/α-hetero) is 1. The van der Waals surface area contributed by atoms with Gasteiger partial charge in [-0.1, -0.05) is 71.9 Å². The topological polar surface area (TPSA) is 57.0 Å². The highest BCUT2D eigenvalue weighted by molar-refractivity contribution is 7.99. The lowest BCUT2D eigenvalue weighted by molar-refractivity contribution is 0.102. The molecule has 0 radical (unpaired) electrons. The maximum absolute atomic E-state index is 12.6. The summed E-state index contributed by atoms with van der Waals surface area (Å²) in [5.41, 5.74) is 3.63. The number of ether oxygens (including phenoxy) is 1. The smallest absolute Gasteiger partial charge is 0.196 e. The fourth-order valence-corrected chi connectivity index (χ4v) is 3.98. The first kappa shape index (κ1) is 19.9. The molecule has 1 heterocycles. The summed E-state index contributed by atoms with van der Waals surface area (Å²) in [4.78, 5) is 12.6. The summed E-state index contributed by atoms with van der Waals surface area (Å²) >= 11 is 1.38. The van der Waals surface area contributed by atoms with Crippen LogP contribution in [0.3, 0.4) is 0 Å². The van der Waals surface area contributed by atoms with Crippen molar-refractivity contribution in [1.82, 2.24) is 14.8 Å². The minimum absolute atomic E-state index is 0.0536. The molecule has 0 atom stereocenters. The zero-order chi connectivity index (χ0) is 20.9. The predicted molar refractivity (Wildman–Crippen MR) is 120 cm³/mol. The highest BCUT2D eigenvalue weighted by Gasteiger charge is 2.20. The van der Waals surface area contributed by atoms with Crippen LogP contribution in [0.25, 0.3) is 17.1 Å². The van der Waals surface area contributed by atoms with Crippen LogP contribution in [-0.4, -0.2) is 33.4 Å². The molecule has 6 heteroatoms. The van der Waals surface area contributed by atoms with Crippen LogP contribution in [0.5, 0.6) is 5.75 Å². The number of hydrogen-bond acceptors (Lipinski definition) is 5. The third-order valence-electron chi connectivity index (χ3n) is 4.70. The molecule has 0 aliphatic rings. The molecule has 0 aliphatic carbocycles. The lowest BCUT2D eigenvalue weighted by Gasteiger charge is -2.12. The zero-order valence-electron chi connectivity index (χ0n) is 16.8. The molecule has 5 nitrogen and oxygen atoms in total. The van der Waals surface area contributed by atoms with Crippen molar-refractivity contribution in [3.05, 3.63) is 90.0 Å². The van der Waals surface area contributed by atoms with E-state index in [0.717, 1.165) is 17.0 Å². The Bertz CT molecular complexity index is 1150. The number of methoxy groups -OCH3 is 1. The van der Waals surface area contributed by atoms with Gasteiger partial charge in [0.1, 0.15) is 5.75 Å². The van der Waals surface area contributed by atoms with Crippen LogP contribution >= 0.6 is 11.8 Å². The second kappa shape index (κ2) is 8.97. The standard InChI is InChI=1S/C24H21N3O2S/c1-17-12-14-19(15-13-17)27-23(20-10-6-7-11-22(20)29-2)25-26-24(27)30-16-21(28)18-8-4-3-5-9-18/h3-15H,16H2,1-2H3. The molecule has 0 saturated heterocycles. The van der Waals surface area contributed by atoms with E-state index in [1.165, 1.54) is 17.3 Å². The van der Waals surface area contributed by atoms with Crippen molar-refractivity contribution in [2.45, 2.75) is 12.1 Å². The summed E-state index contributed by atoms with van der Waals surface area (Å²) in [5.74, 6) is 1.72. The zero-order valence-corrected chi connectivity index (χ0v) is 17.6. The van der Waals surface area contributed by atoms with Crippen molar-refractivity contribution in [3.63, 3.8) is 0 Å². The van der Waals surface area contributed by atoms with E-state index in [0.29, 0.717) is 16.5 Å². The van der Waals surface area contributed by atoms with Crippen LogP contribution in [0.15, 0.2) is 84.0 Å². The lowest BCUT2D eigenvalue weighted by Crippen LogP contribution is -2.05. The van der Waals surface area contributed by atoms with Gasteiger partial charge >= 0.3 is 0 Å². The Morgan fingerprint density at radius 1 is 0.933 bits per heavy atom. The van der Waals surface area contributed by atoms with Gasteiger partial charge in [0.05, 0.1) is 18.4 Å². The van der Waals surface area contributed by atoms with E-state index in [-0.39, 0.29) is 11.5 Å². The molecule has 0 aliphatic heterocycles. The average molecular weight is 416 g/mol. The van der Waals surface area contributed by atoms with Crippen molar-refractivity contribution < 1.29 is 9.53 Å². The minimum atomic E-state index is 0.0536. The first-order valence-electron chi connectivity index (χ1n) is 9.54. The molecule has 4 rings (SSSR count). The van der Waals surface area contributed by atoms with Crippen molar-refractivity contribution in [3.8, 4) is 22.8 Å². The molecule has 0 fully saturated rings. The molecule has 150 valence electrons. The number of aromatic nitrogens is 3. The van der Waals surface area contributed by atoms with E-state index in [1.54, 1.807) is 7.11 Å². The van der Waals surface area contributed by atoms with Gasteiger partial charge in [0.2, 0.25) is 0 Å². The first-order valence-corrected chi connectivity index (χ1v) is 10.5. The molecule has 1 aromatic heterocycles. The number of benzene rings is 3. The van der Waals surface area contributed by atoms with E-state index >= 15 is 0 Å². The maximum atomic E-state index is 12.6. The Labute approximate surface area is 179 Å². The van der Waals surface area contributed by atoms with Crippen LogP contribution in [0, 0.1) is 6.92 Å². The van der Waals surface area contributed by atoms with Crippen LogP contribution < -0.4 is 4.74 Å². The van der Waals surface area contributed by atoms with Gasteiger partial charge < -0.3 is 4.74 Å². The number of hydrogen-bond donors (Lipinski definition) is 0. The highest BCUT2D eigenvalue weighted by atomic mass is 32.2. The number of carbonyl (C=O) groups is 1. The number of nitrogens with zero attached hydrogens (tertiary/aromatic N) is 3. The third kappa shape index (κ3) is 4.14. The van der Waals surface area contributed by atoms with Gasteiger partial charge in [0.15, 0.2) is 16.8 Å². The normalized spacial score (nSPS) is 10.7. The number of carbonyl (C=O) groups excluding carboxylic acids is 1. The van der Waals surface area contributed by atoms with E-state index < -0.39 is 0 Å². The van der Waals surface area contributed by atoms with Crippen molar-refractivity contribution in [2.75, 3.05) is 12.9 Å². The summed E-state index contributed by atoms with van der Waals surface area (Å²) in [6.45, 7) is 2.05. The van der Waals surface area contributed by atoms with Crippen molar-refractivity contribution >= 4 is 17.5 Å². The number of ketones is 1. The Hall–Kier alpha value is -3.38. The molecule has 0 N–H and O–H groups in total. The summed E-state index contributed by atoms with van der Waals surface area (Å²) in [6, 6.07) is 25.2. The van der Waals surface area contributed by atoms with E-state index in [1.807, 2.05) is 90.4 Å². The maximum Gasteiger partial charge on any atom is 0.196 e. The van der Waals surface area contributed by atoms with E-state index in [4.69, 9.17) is 4.74 Å². The number of para-hydroxylation sites is 1. The number of aryl methyl sites for hydroxylation is 1. The fraction of sp³-hybridized carbons (Fsp3) is 0.125. The van der Waals surface area contributed by atoms with Gasteiger partial charge in [-0.05, 0) is 31.2 Å². The van der Waals surface area contributed by atoms with Crippen molar-refractivity contribution in [2.24, 2.45) is 0 Å². The molecule has 0 saturated carbocycles. The quantitative estimate of drug-likeness (QED) is 0.306. The van der Waals surface area contributed by atoms with Gasteiger partial charge in [-0.25, -0.2) is 0 Å². The number of rotatable bonds is 7. The fourth-order valence-electron chi connectivity index (χ4n) is 3.13. The summed E-state index contributed by atoms with van der Waals surface area (Å²) in [5, 5.41) is 9.50. The summed E-state index contributed by atoms with van der Waals surface area (Å²) in [6.07, 6.45) is 0. The number of thioether (sulfide) groups is 1. The Balaban J connectivity index is 1.73. The lowest BCUT2D eigenvalue weighted by atomic mass is 10.1. The third-order valence-corrected chi connectivity index (χ3v) is 5.63. The first-order chi connectivity index (χ1) is 14.7. The van der Waals surface area contributed by atoms with Gasteiger partial charge in [0, 0.05) is 11.3 Å². The van der Waals surface area contributed by atoms with Gasteiger partial charge in [0.25, 0.3) is 0 Å². The molecular formula is C24H21N3O2S. The second-order valence-electron chi connectivity index (χ2n) is 6.76. The van der Waals surface area contributed by atoms with E-state index in [9.17, 15) is 4.79 Å². The van der Waals surface area contributed by atoms with Gasteiger partial charge in [-0.2, -0.15) is 0 Å². The molecule has 30 heavy (non-hydrogen) atoms. The van der Waals surface area contributed by atoms with Crippen LogP contribution in [0.1, 0.15) is 15.9 Å². The molecular weight excluding hydrogens is 394 g/mol. The van der Waals surface area contributed by atoms with Gasteiger partial charge in [-0.3, -0.25) is 9.36 Å². The monoisotopic (exact) mass is 415 g/mol. The van der Waals surface area contributed by atoms with E-state index in [2.05, 4.69) is 10.2 Å². The Morgan fingerprint density at radius 2 is 1.63 bits per heavy atom. The Kier molecular flexibility index (Phi) is 5.95. The molecule has 0 unspecified atom stereocenters. The van der Waals surface area contributed by atoms with Crippen molar-refractivity contribution in [1.29, 1.82) is 0 Å². The minimum Gasteiger partial charge on any atom is -0.496 e. The average Bonchev–Trinajstić information content (AvgIpc) is 3.22. The van der Waals surface area contributed by atoms with Crippen LogP contribution in [-0.2, 0) is 0 Å². The molecule has 3 aromatic carbocycles. The predicted octanol–water partition coefficient (Wildman–Crippen LogP) is 5.23. The second-order valence-corrected chi connectivity index (χ2v) is 7.70. The molecule has 0 spiro atoms. The van der Waals surface area contributed by atoms with Gasteiger partial charge in [-0.15, -0.1) is 10.2 Å². The molecule has 0 amide bonds. The summed E-state index contributed by atoms with van der Waals surface area (Å²) in [7, 11) is 1.64.